The minimum atomic E-state index is 0.905. The maximum absolute atomic E-state index is 6.01. The third-order valence-electron chi connectivity index (χ3n) is 2.42. The quantitative estimate of drug-likeness (QED) is 0.843. The van der Waals surface area contributed by atoms with Crippen LogP contribution < -0.4 is 5.73 Å². The van der Waals surface area contributed by atoms with E-state index in [0.717, 1.165) is 28.8 Å². The molecule has 78 valence electrons. The minimum absolute atomic E-state index is 0.905. The number of nitrogen functional groups attached to an aromatic ring is 1. The first-order chi connectivity index (χ1) is 6.54. The van der Waals surface area contributed by atoms with Gasteiger partial charge in [0.15, 0.2) is 0 Å². The predicted molar refractivity (Wildman–Crippen MR) is 65.3 cm³/mol. The van der Waals surface area contributed by atoms with Crippen molar-refractivity contribution in [2.45, 2.75) is 20.4 Å². The number of nitrogens with two attached hydrogens (primary N) is 1. The Morgan fingerprint density at radius 1 is 1.43 bits per heavy atom. The van der Waals surface area contributed by atoms with Gasteiger partial charge >= 0.3 is 0 Å². The zero-order chi connectivity index (χ0) is 10.7. The number of nitrogens with zero attached hydrogens (tertiary/aromatic N) is 1. The maximum Gasteiger partial charge on any atom is 0.0390 e. The zero-order valence-electron chi connectivity index (χ0n) is 8.97. The van der Waals surface area contributed by atoms with Crippen molar-refractivity contribution in [3.8, 4) is 0 Å². The number of rotatable bonds is 3. The molecule has 3 heteroatoms. The highest BCUT2D eigenvalue weighted by Crippen LogP contribution is 2.23. The molecule has 1 rings (SSSR count). The van der Waals surface area contributed by atoms with E-state index in [1.54, 1.807) is 0 Å². The van der Waals surface area contributed by atoms with E-state index in [9.17, 15) is 0 Å². The lowest BCUT2D eigenvalue weighted by Gasteiger charge is -2.16. The second-order valence-corrected chi connectivity index (χ2v) is 4.54. The smallest absolute Gasteiger partial charge is 0.0390 e. The molecule has 0 unspecified atom stereocenters. The van der Waals surface area contributed by atoms with Gasteiger partial charge in [0.2, 0.25) is 0 Å². The van der Waals surface area contributed by atoms with E-state index in [-0.39, 0.29) is 0 Å². The van der Waals surface area contributed by atoms with Crippen molar-refractivity contribution in [3.05, 3.63) is 27.7 Å². The van der Waals surface area contributed by atoms with E-state index in [1.165, 1.54) is 5.56 Å². The molecule has 0 aromatic heterocycles. The van der Waals surface area contributed by atoms with E-state index in [4.69, 9.17) is 5.73 Å². The Morgan fingerprint density at radius 3 is 2.64 bits per heavy atom. The Bertz CT molecular complexity index is 323. The molecule has 0 aliphatic rings. The molecule has 14 heavy (non-hydrogen) atoms. The average molecular weight is 257 g/mol. The van der Waals surface area contributed by atoms with Crippen LogP contribution in [0.1, 0.15) is 18.1 Å². The Morgan fingerprint density at radius 2 is 2.07 bits per heavy atom. The lowest BCUT2D eigenvalue weighted by Crippen LogP contribution is -2.17. The highest BCUT2D eigenvalue weighted by molar-refractivity contribution is 9.10. The van der Waals surface area contributed by atoms with Crippen LogP contribution in [-0.4, -0.2) is 18.5 Å². The first-order valence-electron chi connectivity index (χ1n) is 4.77. The van der Waals surface area contributed by atoms with Gasteiger partial charge in [0.1, 0.15) is 0 Å². The molecule has 1 aromatic rings. The molecule has 0 fully saturated rings. The second-order valence-electron chi connectivity index (χ2n) is 3.63. The number of benzene rings is 1. The van der Waals surface area contributed by atoms with E-state index in [2.05, 4.69) is 40.9 Å². The van der Waals surface area contributed by atoms with Gasteiger partial charge in [-0.1, -0.05) is 22.9 Å². The van der Waals surface area contributed by atoms with Gasteiger partial charge in [-0.2, -0.15) is 0 Å². The molecule has 0 amide bonds. The monoisotopic (exact) mass is 256 g/mol. The summed E-state index contributed by atoms with van der Waals surface area (Å²) in [4.78, 5) is 2.23. The van der Waals surface area contributed by atoms with Crippen molar-refractivity contribution in [1.82, 2.24) is 4.90 Å². The number of halogens is 1. The zero-order valence-corrected chi connectivity index (χ0v) is 10.6. The van der Waals surface area contributed by atoms with Crippen molar-refractivity contribution in [1.29, 1.82) is 0 Å². The summed E-state index contributed by atoms with van der Waals surface area (Å²) in [6, 6.07) is 4.14. The Balaban J connectivity index is 2.96. The molecule has 1 aromatic carbocycles. The van der Waals surface area contributed by atoms with Crippen LogP contribution in [0.3, 0.4) is 0 Å². The normalized spacial score (nSPS) is 10.9. The van der Waals surface area contributed by atoms with Crippen LogP contribution in [0.15, 0.2) is 16.6 Å². The highest BCUT2D eigenvalue weighted by Gasteiger charge is 2.05. The van der Waals surface area contributed by atoms with Crippen molar-refractivity contribution >= 4 is 21.6 Å². The molecule has 0 aliphatic heterocycles. The van der Waals surface area contributed by atoms with Gasteiger partial charge < -0.3 is 10.6 Å². The summed E-state index contributed by atoms with van der Waals surface area (Å²) in [5.41, 5.74) is 9.25. The molecule has 0 atom stereocenters. The van der Waals surface area contributed by atoms with Gasteiger partial charge in [-0.15, -0.1) is 0 Å². The van der Waals surface area contributed by atoms with Crippen molar-refractivity contribution in [2.24, 2.45) is 0 Å². The minimum Gasteiger partial charge on any atom is -0.398 e. The molecule has 0 spiro atoms. The van der Waals surface area contributed by atoms with Crippen molar-refractivity contribution < 1.29 is 0 Å². The van der Waals surface area contributed by atoms with Crippen LogP contribution in [0.2, 0.25) is 0 Å². The summed E-state index contributed by atoms with van der Waals surface area (Å²) < 4.78 is 1.10. The lowest BCUT2D eigenvalue weighted by atomic mass is 10.1. The van der Waals surface area contributed by atoms with Gasteiger partial charge in [0, 0.05) is 16.7 Å². The summed E-state index contributed by atoms with van der Waals surface area (Å²) in [6.45, 7) is 6.12. The van der Waals surface area contributed by atoms with E-state index >= 15 is 0 Å². The van der Waals surface area contributed by atoms with Crippen LogP contribution in [0.5, 0.6) is 0 Å². The Labute approximate surface area is 94.2 Å². The maximum atomic E-state index is 6.01. The first-order valence-corrected chi connectivity index (χ1v) is 5.57. The predicted octanol–water partition coefficient (Wildman–Crippen LogP) is 2.79. The van der Waals surface area contributed by atoms with Crippen LogP contribution in [0.4, 0.5) is 5.69 Å². The van der Waals surface area contributed by atoms with E-state index in [1.807, 2.05) is 13.0 Å². The summed E-state index contributed by atoms with van der Waals surface area (Å²) >= 11 is 3.48. The molecule has 2 nitrogen and oxygen atoms in total. The first kappa shape index (κ1) is 11.5. The van der Waals surface area contributed by atoms with Crippen molar-refractivity contribution in [2.75, 3.05) is 19.3 Å². The highest BCUT2D eigenvalue weighted by atomic mass is 79.9. The third-order valence-corrected chi connectivity index (χ3v) is 2.88. The molecular formula is C11H17BrN2. The fourth-order valence-electron chi connectivity index (χ4n) is 1.36. The summed E-state index contributed by atoms with van der Waals surface area (Å²) in [6.07, 6.45) is 0. The number of hydrogen-bond donors (Lipinski definition) is 1. The van der Waals surface area contributed by atoms with Crippen LogP contribution in [0.25, 0.3) is 0 Å². The molecular weight excluding hydrogens is 240 g/mol. The molecule has 0 heterocycles. The Kier molecular flexibility index (Phi) is 3.96. The van der Waals surface area contributed by atoms with E-state index in [0.29, 0.717) is 0 Å². The molecule has 0 radical (unpaired) electrons. The summed E-state index contributed by atoms with van der Waals surface area (Å²) in [5, 5.41) is 0. The molecule has 2 N–H and O–H groups in total. The lowest BCUT2D eigenvalue weighted by molar-refractivity contribution is 0.346. The van der Waals surface area contributed by atoms with Gasteiger partial charge in [-0.05, 0) is 43.8 Å². The molecule has 0 bridgehead atoms. The molecule has 0 saturated heterocycles. The van der Waals surface area contributed by atoms with Gasteiger partial charge in [0.25, 0.3) is 0 Å². The average Bonchev–Trinajstić information content (AvgIpc) is 2.13. The van der Waals surface area contributed by atoms with Crippen LogP contribution >= 0.6 is 15.9 Å². The molecule has 0 aliphatic carbocycles. The van der Waals surface area contributed by atoms with Crippen LogP contribution in [0, 0.1) is 6.92 Å². The summed E-state index contributed by atoms with van der Waals surface area (Å²) in [7, 11) is 2.09. The molecule has 0 saturated carbocycles. The van der Waals surface area contributed by atoms with Crippen molar-refractivity contribution in [3.63, 3.8) is 0 Å². The van der Waals surface area contributed by atoms with Gasteiger partial charge in [-0.3, -0.25) is 0 Å². The standard InChI is InChI=1S/C11H17BrN2/c1-4-14(3)7-9-6-10(12)5-8(2)11(9)13/h5-6H,4,7,13H2,1-3H3. The van der Waals surface area contributed by atoms with Gasteiger partial charge in [0.05, 0.1) is 0 Å². The van der Waals surface area contributed by atoms with Gasteiger partial charge in [-0.25, -0.2) is 0 Å². The number of hydrogen-bond acceptors (Lipinski definition) is 2. The van der Waals surface area contributed by atoms with Crippen LogP contribution in [-0.2, 0) is 6.54 Å². The SMILES string of the molecule is CCN(C)Cc1cc(Br)cc(C)c1N. The second kappa shape index (κ2) is 4.80. The Hall–Kier alpha value is -0.540. The third kappa shape index (κ3) is 2.72. The largest absolute Gasteiger partial charge is 0.398 e. The summed E-state index contributed by atoms with van der Waals surface area (Å²) in [5.74, 6) is 0. The van der Waals surface area contributed by atoms with E-state index < -0.39 is 0 Å². The number of aryl methyl sites for hydroxylation is 1. The number of anilines is 1. The fourth-order valence-corrected chi connectivity index (χ4v) is 1.98. The fraction of sp³-hybridized carbons (Fsp3) is 0.455. The topological polar surface area (TPSA) is 29.3 Å².